The molecule has 16 heavy (non-hydrogen) atoms. The van der Waals surface area contributed by atoms with Crippen LogP contribution in [0.3, 0.4) is 0 Å². The van der Waals surface area contributed by atoms with E-state index in [-0.39, 0.29) is 0 Å². The van der Waals surface area contributed by atoms with Crippen LogP contribution in [-0.4, -0.2) is 49.6 Å². The van der Waals surface area contributed by atoms with E-state index >= 15 is 0 Å². The number of hydrogen-bond acceptors (Lipinski definition) is 2. The predicted molar refractivity (Wildman–Crippen MR) is 75.3 cm³/mol. The minimum absolute atomic E-state index is 0.336. The van der Waals surface area contributed by atoms with Gasteiger partial charge in [0.1, 0.15) is 0 Å². The summed E-state index contributed by atoms with van der Waals surface area (Å²) in [5.41, 5.74) is 0. The van der Waals surface area contributed by atoms with Gasteiger partial charge >= 0.3 is 103 Å². The van der Waals surface area contributed by atoms with Crippen LogP contribution < -0.4 is 0 Å². The van der Waals surface area contributed by atoms with Crippen LogP contribution in [0.2, 0.25) is 21.0 Å². The quantitative estimate of drug-likeness (QED) is 0.552. The second kappa shape index (κ2) is 7.20. The summed E-state index contributed by atoms with van der Waals surface area (Å²) < 4.78 is 12.0. The van der Waals surface area contributed by atoms with Crippen LogP contribution in [-0.2, 0) is 4.57 Å². The molecule has 0 rings (SSSR count). The van der Waals surface area contributed by atoms with Crippen molar-refractivity contribution < 1.29 is 9.46 Å². The first-order valence-electron chi connectivity index (χ1n) is 6.26. The Hall–Kier alpha value is 0.693. The maximum atomic E-state index is 12.0. The summed E-state index contributed by atoms with van der Waals surface area (Å²) >= 11 is -1.75. The Kier molecular flexibility index (Phi) is 7.51. The maximum absolute atomic E-state index is 12.0. The molecule has 0 aliphatic rings. The zero-order chi connectivity index (χ0) is 12.8. The van der Waals surface area contributed by atoms with Crippen molar-refractivity contribution in [2.24, 2.45) is 0 Å². The van der Waals surface area contributed by atoms with Crippen molar-refractivity contribution in [1.29, 1.82) is 0 Å². The first-order chi connectivity index (χ1) is 7.31. The van der Waals surface area contributed by atoms with E-state index in [4.69, 9.17) is 0 Å². The van der Waals surface area contributed by atoms with Crippen molar-refractivity contribution in [3.8, 4) is 0 Å². The molecule has 98 valence electrons. The van der Waals surface area contributed by atoms with E-state index in [1.165, 1.54) is 15.8 Å². The molecule has 1 N–H and O–H groups in total. The Balaban J connectivity index is 4.35. The summed E-state index contributed by atoms with van der Waals surface area (Å²) in [6.45, 7) is 6.80. The molecule has 0 aliphatic carbocycles. The summed E-state index contributed by atoms with van der Waals surface area (Å²) in [6, 6.07) is 0. The summed E-state index contributed by atoms with van der Waals surface area (Å²) in [7, 11) is 0.804. The van der Waals surface area contributed by atoms with Gasteiger partial charge in [0.05, 0.1) is 0 Å². The second-order valence-corrected chi connectivity index (χ2v) is 19.3. The standard InChI is InChI=1S/C11H28GeNO2P/c1-6-12(7-2,8-3)9-10-16(14,15)11-13(4)5/h6-11H2,1-5H3,(H,14,15). The van der Waals surface area contributed by atoms with Crippen LogP contribution in [0, 0.1) is 0 Å². The number of rotatable bonds is 8. The molecular weight excluding hydrogens is 282 g/mol. The van der Waals surface area contributed by atoms with Gasteiger partial charge in [0.2, 0.25) is 0 Å². The van der Waals surface area contributed by atoms with Crippen molar-refractivity contribution in [3.05, 3.63) is 0 Å². The minimum atomic E-state index is -2.91. The Bertz CT molecular complexity index is 234. The molecule has 1 unspecified atom stereocenters. The van der Waals surface area contributed by atoms with Gasteiger partial charge < -0.3 is 0 Å². The molecule has 0 aliphatic heterocycles. The first-order valence-corrected chi connectivity index (χ1v) is 14.2. The molecule has 0 aromatic rings. The summed E-state index contributed by atoms with van der Waals surface area (Å²) in [4.78, 5) is 11.7. The molecule has 0 aromatic heterocycles. The van der Waals surface area contributed by atoms with Crippen molar-refractivity contribution in [1.82, 2.24) is 4.90 Å². The Morgan fingerprint density at radius 3 is 1.88 bits per heavy atom. The van der Waals surface area contributed by atoms with Crippen molar-refractivity contribution in [3.63, 3.8) is 0 Å². The van der Waals surface area contributed by atoms with Crippen LogP contribution in [0.1, 0.15) is 20.8 Å². The van der Waals surface area contributed by atoms with Crippen molar-refractivity contribution >= 4 is 20.6 Å². The molecule has 3 nitrogen and oxygen atoms in total. The average molecular weight is 310 g/mol. The molecule has 0 spiro atoms. The molecule has 0 heterocycles. The third kappa shape index (κ3) is 5.85. The van der Waals surface area contributed by atoms with E-state index in [0.29, 0.717) is 12.4 Å². The van der Waals surface area contributed by atoms with E-state index in [0.717, 1.165) is 5.25 Å². The normalized spacial score (nSPS) is 16.4. The summed E-state index contributed by atoms with van der Waals surface area (Å²) in [6.07, 6.45) is 0.878. The predicted octanol–water partition coefficient (Wildman–Crippen LogP) is 3.28. The molecular formula is C11H28GeNO2P. The molecule has 0 radical (unpaired) electrons. The molecule has 0 saturated carbocycles. The van der Waals surface area contributed by atoms with Crippen molar-refractivity contribution in [2.45, 2.75) is 41.8 Å². The van der Waals surface area contributed by atoms with Crippen LogP contribution >= 0.6 is 7.37 Å². The van der Waals surface area contributed by atoms with Crippen LogP contribution in [0.15, 0.2) is 0 Å². The zero-order valence-electron chi connectivity index (χ0n) is 11.5. The fraction of sp³-hybridized carbons (Fsp3) is 1.00. The third-order valence-electron chi connectivity index (χ3n) is 3.75. The van der Waals surface area contributed by atoms with Crippen molar-refractivity contribution in [2.75, 3.05) is 26.5 Å². The van der Waals surface area contributed by atoms with Gasteiger partial charge in [-0.25, -0.2) is 0 Å². The van der Waals surface area contributed by atoms with Gasteiger partial charge in [-0.3, -0.25) is 0 Å². The summed E-state index contributed by atoms with van der Waals surface area (Å²) in [5, 5.41) is 4.92. The van der Waals surface area contributed by atoms with Gasteiger partial charge in [-0.1, -0.05) is 0 Å². The number of hydrogen-bond donors (Lipinski definition) is 1. The van der Waals surface area contributed by atoms with E-state index in [1.807, 2.05) is 19.0 Å². The fourth-order valence-electron chi connectivity index (χ4n) is 2.20. The first kappa shape index (κ1) is 16.7. The molecule has 0 fully saturated rings. The van der Waals surface area contributed by atoms with Gasteiger partial charge in [0.25, 0.3) is 0 Å². The Morgan fingerprint density at radius 2 is 1.56 bits per heavy atom. The van der Waals surface area contributed by atoms with E-state index in [1.54, 1.807) is 0 Å². The van der Waals surface area contributed by atoms with E-state index < -0.39 is 20.6 Å². The van der Waals surface area contributed by atoms with Gasteiger partial charge in [-0.05, 0) is 0 Å². The number of nitrogens with zero attached hydrogens (tertiary/aromatic N) is 1. The second-order valence-electron chi connectivity index (χ2n) is 5.10. The van der Waals surface area contributed by atoms with Gasteiger partial charge in [-0.15, -0.1) is 0 Å². The van der Waals surface area contributed by atoms with E-state index in [9.17, 15) is 9.46 Å². The van der Waals surface area contributed by atoms with Crippen LogP contribution in [0.5, 0.6) is 0 Å². The molecule has 1 atom stereocenters. The molecule has 0 saturated heterocycles. The molecule has 0 bridgehead atoms. The average Bonchev–Trinajstić information content (AvgIpc) is 2.19. The van der Waals surface area contributed by atoms with Gasteiger partial charge in [0.15, 0.2) is 0 Å². The van der Waals surface area contributed by atoms with Gasteiger partial charge in [-0.2, -0.15) is 0 Å². The SMILES string of the molecule is C[CH2][Ge]([CH2]C)([CH2]C)[CH2]CP(=O)(O)CN(C)C. The topological polar surface area (TPSA) is 40.5 Å². The van der Waals surface area contributed by atoms with Crippen LogP contribution in [0.4, 0.5) is 0 Å². The Morgan fingerprint density at radius 1 is 1.12 bits per heavy atom. The Labute approximate surface area is 103 Å². The molecule has 0 amide bonds. The summed E-state index contributed by atoms with van der Waals surface area (Å²) in [5.74, 6) is 0. The molecule has 5 heteroatoms. The molecule has 0 aromatic carbocycles. The van der Waals surface area contributed by atoms with Gasteiger partial charge in [0, 0.05) is 0 Å². The van der Waals surface area contributed by atoms with Crippen LogP contribution in [0.25, 0.3) is 0 Å². The zero-order valence-corrected chi connectivity index (χ0v) is 14.5. The fourth-order valence-corrected chi connectivity index (χ4v) is 14.6. The monoisotopic (exact) mass is 311 g/mol. The third-order valence-corrected chi connectivity index (χ3v) is 18.7. The van der Waals surface area contributed by atoms with E-state index in [2.05, 4.69) is 20.8 Å².